The highest BCUT2D eigenvalue weighted by Crippen LogP contribution is 2.28. The van der Waals surface area contributed by atoms with Crippen LogP contribution in [0.2, 0.25) is 0 Å². The second-order valence-electron chi connectivity index (χ2n) is 4.51. The van der Waals surface area contributed by atoms with Gasteiger partial charge in [-0.15, -0.1) is 11.3 Å². The molecule has 2 N–H and O–H groups in total. The third-order valence-electron chi connectivity index (χ3n) is 3.39. The van der Waals surface area contributed by atoms with Gasteiger partial charge in [-0.3, -0.25) is 0 Å². The second kappa shape index (κ2) is 5.15. The highest BCUT2D eigenvalue weighted by atomic mass is 32.1. The van der Waals surface area contributed by atoms with Crippen LogP contribution in [-0.4, -0.2) is 16.1 Å². The van der Waals surface area contributed by atoms with E-state index in [4.69, 9.17) is 10.7 Å². The quantitative estimate of drug-likeness (QED) is 0.792. The van der Waals surface area contributed by atoms with Crippen LogP contribution in [0.1, 0.15) is 23.7 Å². The lowest BCUT2D eigenvalue weighted by atomic mass is 10.2. The molecule has 0 saturated heterocycles. The Bertz CT molecular complexity index is 670. The van der Waals surface area contributed by atoms with Crippen molar-refractivity contribution in [3.63, 3.8) is 0 Å². The van der Waals surface area contributed by atoms with Gasteiger partial charge in [-0.25, -0.2) is 4.98 Å². The van der Waals surface area contributed by atoms with Crippen LogP contribution in [-0.2, 0) is 6.42 Å². The summed E-state index contributed by atoms with van der Waals surface area (Å²) >= 11 is 1.75. The van der Waals surface area contributed by atoms with Gasteiger partial charge in [0.05, 0.1) is 17.1 Å². The van der Waals surface area contributed by atoms with Gasteiger partial charge >= 0.3 is 0 Å². The third kappa shape index (κ3) is 2.07. The van der Waals surface area contributed by atoms with Crippen LogP contribution >= 0.6 is 11.3 Å². The third-order valence-corrected chi connectivity index (χ3v) is 4.37. The molecule has 3 rings (SSSR count). The lowest BCUT2D eigenvalue weighted by Gasteiger charge is -2.18. The Kier molecular flexibility index (Phi) is 3.36. The molecule has 0 fully saturated rings. The van der Waals surface area contributed by atoms with Crippen molar-refractivity contribution < 1.29 is 0 Å². The molecule has 2 aromatic heterocycles. The molecule has 98 valence electrons. The summed E-state index contributed by atoms with van der Waals surface area (Å²) in [5.41, 5.74) is 8.25. The van der Waals surface area contributed by atoms with Crippen molar-refractivity contribution in [3.8, 4) is 0 Å². The molecular formula is C15H17N3S. The number of benzene rings is 1. The van der Waals surface area contributed by atoms with Crippen LogP contribution in [0.25, 0.3) is 11.0 Å². The molecular weight excluding hydrogens is 254 g/mol. The van der Waals surface area contributed by atoms with Crippen molar-refractivity contribution in [3.05, 3.63) is 52.5 Å². The predicted molar refractivity (Wildman–Crippen MR) is 80.6 cm³/mol. The zero-order chi connectivity index (χ0) is 13.2. The molecule has 1 unspecified atom stereocenters. The van der Waals surface area contributed by atoms with E-state index in [1.807, 2.05) is 6.07 Å². The van der Waals surface area contributed by atoms with E-state index in [1.165, 1.54) is 10.4 Å². The SMILES string of the molecule is CCc1nc2ccccc2n1C(CN)c1cccs1. The van der Waals surface area contributed by atoms with E-state index in [0.717, 1.165) is 17.8 Å². The molecule has 0 spiro atoms. The average Bonchev–Trinajstić information content (AvgIpc) is 3.08. The van der Waals surface area contributed by atoms with Crippen LogP contribution in [0, 0.1) is 0 Å². The maximum absolute atomic E-state index is 6.03. The number of aromatic nitrogens is 2. The summed E-state index contributed by atoms with van der Waals surface area (Å²) in [6.45, 7) is 2.73. The van der Waals surface area contributed by atoms with Gasteiger partial charge in [0, 0.05) is 17.8 Å². The molecule has 0 radical (unpaired) electrons. The standard InChI is InChI=1S/C15H17N3S/c1-2-15-17-11-6-3-4-7-12(11)18(15)13(10-16)14-8-5-9-19-14/h3-9,13H,2,10,16H2,1H3. The fourth-order valence-corrected chi connectivity index (χ4v) is 3.35. The summed E-state index contributed by atoms with van der Waals surface area (Å²) in [6.07, 6.45) is 0.913. The van der Waals surface area contributed by atoms with E-state index in [-0.39, 0.29) is 6.04 Å². The van der Waals surface area contributed by atoms with Crippen molar-refractivity contribution in [1.82, 2.24) is 9.55 Å². The average molecular weight is 271 g/mol. The van der Waals surface area contributed by atoms with Crippen molar-refractivity contribution in [2.75, 3.05) is 6.54 Å². The van der Waals surface area contributed by atoms with E-state index >= 15 is 0 Å². The fourth-order valence-electron chi connectivity index (χ4n) is 2.52. The molecule has 0 amide bonds. The normalized spacial score (nSPS) is 12.9. The Morgan fingerprint density at radius 1 is 1.26 bits per heavy atom. The number of para-hydroxylation sites is 2. The molecule has 19 heavy (non-hydrogen) atoms. The molecule has 0 saturated carbocycles. The predicted octanol–water partition coefficient (Wildman–Crippen LogP) is 3.21. The van der Waals surface area contributed by atoms with Gasteiger partial charge in [-0.1, -0.05) is 25.1 Å². The number of imidazole rings is 1. The molecule has 0 aliphatic rings. The Morgan fingerprint density at radius 3 is 2.79 bits per heavy atom. The highest BCUT2D eigenvalue weighted by molar-refractivity contribution is 7.10. The maximum Gasteiger partial charge on any atom is 0.110 e. The van der Waals surface area contributed by atoms with Gasteiger partial charge in [0.1, 0.15) is 5.82 Å². The molecule has 2 heterocycles. The summed E-state index contributed by atoms with van der Waals surface area (Å²) in [7, 11) is 0. The first-order valence-corrected chi connectivity index (χ1v) is 7.42. The Labute approximate surface area is 116 Å². The molecule has 0 bridgehead atoms. The van der Waals surface area contributed by atoms with Crippen LogP contribution in [0.15, 0.2) is 41.8 Å². The zero-order valence-corrected chi connectivity index (χ0v) is 11.7. The minimum absolute atomic E-state index is 0.183. The van der Waals surface area contributed by atoms with Crippen LogP contribution < -0.4 is 5.73 Å². The minimum atomic E-state index is 0.183. The fraction of sp³-hybridized carbons (Fsp3) is 0.267. The largest absolute Gasteiger partial charge is 0.328 e. The lowest BCUT2D eigenvalue weighted by molar-refractivity contribution is 0.592. The van der Waals surface area contributed by atoms with Crippen molar-refractivity contribution in [2.45, 2.75) is 19.4 Å². The molecule has 0 aliphatic heterocycles. The number of hydrogen-bond acceptors (Lipinski definition) is 3. The second-order valence-corrected chi connectivity index (χ2v) is 5.49. The Hall–Kier alpha value is -1.65. The van der Waals surface area contributed by atoms with Gasteiger partial charge < -0.3 is 10.3 Å². The van der Waals surface area contributed by atoms with Gasteiger partial charge in [0.25, 0.3) is 0 Å². The summed E-state index contributed by atoms with van der Waals surface area (Å²) in [5.74, 6) is 1.10. The summed E-state index contributed by atoms with van der Waals surface area (Å²) in [4.78, 5) is 6.01. The summed E-state index contributed by atoms with van der Waals surface area (Å²) in [6, 6.07) is 12.7. The molecule has 3 aromatic rings. The maximum atomic E-state index is 6.03. The molecule has 1 atom stereocenters. The number of rotatable bonds is 4. The van der Waals surface area contributed by atoms with E-state index in [0.29, 0.717) is 6.54 Å². The molecule has 1 aromatic carbocycles. The van der Waals surface area contributed by atoms with E-state index in [9.17, 15) is 0 Å². The number of hydrogen-bond donors (Lipinski definition) is 1. The highest BCUT2D eigenvalue weighted by Gasteiger charge is 2.19. The number of nitrogens with two attached hydrogens (primary N) is 1. The first-order chi connectivity index (χ1) is 9.35. The topological polar surface area (TPSA) is 43.8 Å². The number of fused-ring (bicyclic) bond motifs is 1. The van der Waals surface area contributed by atoms with Crippen molar-refractivity contribution >= 4 is 22.4 Å². The summed E-state index contributed by atoms with van der Waals surface area (Å²) in [5, 5.41) is 2.10. The van der Waals surface area contributed by atoms with E-state index in [2.05, 4.69) is 47.2 Å². The van der Waals surface area contributed by atoms with Crippen LogP contribution in [0.4, 0.5) is 0 Å². The summed E-state index contributed by atoms with van der Waals surface area (Å²) < 4.78 is 2.29. The number of thiophene rings is 1. The van der Waals surface area contributed by atoms with Crippen molar-refractivity contribution in [2.24, 2.45) is 5.73 Å². The Morgan fingerprint density at radius 2 is 2.11 bits per heavy atom. The lowest BCUT2D eigenvalue weighted by Crippen LogP contribution is -2.21. The Balaban J connectivity index is 2.22. The van der Waals surface area contributed by atoms with Gasteiger partial charge in [0.15, 0.2) is 0 Å². The van der Waals surface area contributed by atoms with Crippen molar-refractivity contribution in [1.29, 1.82) is 0 Å². The first kappa shape index (κ1) is 12.4. The van der Waals surface area contributed by atoms with E-state index < -0.39 is 0 Å². The van der Waals surface area contributed by atoms with Crippen LogP contribution in [0.5, 0.6) is 0 Å². The number of nitrogens with zero attached hydrogens (tertiary/aromatic N) is 2. The number of aryl methyl sites for hydroxylation is 1. The van der Waals surface area contributed by atoms with Gasteiger partial charge in [0.2, 0.25) is 0 Å². The van der Waals surface area contributed by atoms with E-state index in [1.54, 1.807) is 11.3 Å². The van der Waals surface area contributed by atoms with Gasteiger partial charge in [-0.2, -0.15) is 0 Å². The smallest absolute Gasteiger partial charge is 0.110 e. The van der Waals surface area contributed by atoms with Crippen LogP contribution in [0.3, 0.4) is 0 Å². The molecule has 4 heteroatoms. The minimum Gasteiger partial charge on any atom is -0.328 e. The zero-order valence-electron chi connectivity index (χ0n) is 10.9. The molecule has 3 nitrogen and oxygen atoms in total. The van der Waals surface area contributed by atoms with Gasteiger partial charge in [-0.05, 0) is 23.6 Å². The monoisotopic (exact) mass is 271 g/mol. The first-order valence-electron chi connectivity index (χ1n) is 6.54. The molecule has 0 aliphatic carbocycles.